The predicted molar refractivity (Wildman–Crippen MR) is 76.5 cm³/mol. The highest BCUT2D eigenvalue weighted by atomic mass is 19.4. The lowest BCUT2D eigenvalue weighted by Crippen LogP contribution is -2.48. The fourth-order valence-electron chi connectivity index (χ4n) is 2.56. The van der Waals surface area contributed by atoms with Gasteiger partial charge < -0.3 is 10.1 Å². The molecule has 1 aliphatic heterocycles. The van der Waals surface area contributed by atoms with Gasteiger partial charge in [-0.15, -0.1) is 0 Å². The highest BCUT2D eigenvalue weighted by molar-refractivity contribution is 5.92. The first-order chi connectivity index (χ1) is 10.2. The van der Waals surface area contributed by atoms with Crippen LogP contribution in [0.5, 0.6) is 0 Å². The van der Waals surface area contributed by atoms with Crippen LogP contribution in [0.4, 0.5) is 18.9 Å². The molecule has 1 amide bonds. The number of amides is 1. The maximum Gasteiger partial charge on any atom is 0.416 e. The van der Waals surface area contributed by atoms with Crippen molar-refractivity contribution in [2.75, 3.05) is 25.0 Å². The fraction of sp³-hybridized carbons (Fsp3) is 0.533. The first kappa shape index (κ1) is 16.8. The Morgan fingerprint density at radius 2 is 1.77 bits per heavy atom. The summed E-state index contributed by atoms with van der Waals surface area (Å²) >= 11 is 0. The van der Waals surface area contributed by atoms with Crippen LogP contribution < -0.4 is 5.32 Å². The van der Waals surface area contributed by atoms with Crippen LogP contribution in [0.3, 0.4) is 0 Å². The Morgan fingerprint density at radius 1 is 1.23 bits per heavy atom. The summed E-state index contributed by atoms with van der Waals surface area (Å²) in [6.07, 6.45) is -4.26. The van der Waals surface area contributed by atoms with Crippen molar-refractivity contribution >= 4 is 11.6 Å². The monoisotopic (exact) mass is 316 g/mol. The Labute approximate surface area is 127 Å². The first-order valence-corrected chi connectivity index (χ1v) is 7.09. The van der Waals surface area contributed by atoms with E-state index in [4.69, 9.17) is 4.74 Å². The Kier molecular flexibility index (Phi) is 5.08. The molecule has 1 aliphatic rings. The second kappa shape index (κ2) is 6.66. The van der Waals surface area contributed by atoms with Crippen LogP contribution in [-0.2, 0) is 15.7 Å². The number of rotatable bonds is 3. The number of nitrogens with zero attached hydrogens (tertiary/aromatic N) is 1. The minimum Gasteiger partial charge on any atom is -0.373 e. The number of carbonyl (C=O) groups excluding carboxylic acids is 1. The van der Waals surface area contributed by atoms with E-state index in [1.165, 1.54) is 12.1 Å². The third kappa shape index (κ3) is 4.71. The predicted octanol–water partition coefficient (Wildman–Crippen LogP) is 2.75. The Hall–Kier alpha value is -1.60. The number of hydrogen-bond donors (Lipinski definition) is 1. The van der Waals surface area contributed by atoms with Crippen LogP contribution in [0.2, 0.25) is 0 Å². The lowest BCUT2D eigenvalue weighted by Gasteiger charge is -2.34. The van der Waals surface area contributed by atoms with Gasteiger partial charge in [0.15, 0.2) is 0 Å². The van der Waals surface area contributed by atoms with Crippen LogP contribution in [0.15, 0.2) is 24.3 Å². The number of ether oxygens (including phenoxy) is 1. The number of nitrogens with one attached hydrogen (secondary N) is 1. The normalized spacial score (nSPS) is 23.3. The SMILES string of the molecule is C[C@@H]1CN(CC(=O)Nc2ccc(C(F)(F)F)cc2)C[C@@H](C)O1. The Balaban J connectivity index is 1.89. The molecule has 1 aromatic rings. The van der Waals surface area contributed by atoms with E-state index in [1.807, 2.05) is 18.7 Å². The zero-order valence-corrected chi connectivity index (χ0v) is 12.5. The molecule has 1 saturated heterocycles. The molecule has 0 spiro atoms. The van der Waals surface area contributed by atoms with Gasteiger partial charge in [-0.05, 0) is 38.1 Å². The van der Waals surface area contributed by atoms with Gasteiger partial charge in [-0.2, -0.15) is 13.2 Å². The van der Waals surface area contributed by atoms with Gasteiger partial charge in [-0.1, -0.05) is 0 Å². The van der Waals surface area contributed by atoms with Crippen molar-refractivity contribution in [3.8, 4) is 0 Å². The van der Waals surface area contributed by atoms with Crippen molar-refractivity contribution in [2.45, 2.75) is 32.2 Å². The molecule has 22 heavy (non-hydrogen) atoms. The second-order valence-electron chi connectivity index (χ2n) is 5.57. The highest BCUT2D eigenvalue weighted by Gasteiger charge is 2.30. The van der Waals surface area contributed by atoms with Gasteiger partial charge in [0.2, 0.25) is 5.91 Å². The van der Waals surface area contributed by atoms with Crippen molar-refractivity contribution in [3.63, 3.8) is 0 Å². The minimum absolute atomic E-state index is 0.0580. The van der Waals surface area contributed by atoms with E-state index in [9.17, 15) is 18.0 Å². The Morgan fingerprint density at radius 3 is 2.27 bits per heavy atom. The molecule has 0 bridgehead atoms. The molecule has 2 rings (SSSR count). The lowest BCUT2D eigenvalue weighted by atomic mass is 10.2. The molecule has 0 aromatic heterocycles. The van der Waals surface area contributed by atoms with Crippen molar-refractivity contribution in [1.82, 2.24) is 4.90 Å². The average Bonchev–Trinajstić information content (AvgIpc) is 2.36. The van der Waals surface area contributed by atoms with E-state index in [0.29, 0.717) is 18.8 Å². The topological polar surface area (TPSA) is 41.6 Å². The average molecular weight is 316 g/mol. The van der Waals surface area contributed by atoms with E-state index in [-0.39, 0.29) is 24.7 Å². The quantitative estimate of drug-likeness (QED) is 0.932. The molecule has 0 radical (unpaired) electrons. The largest absolute Gasteiger partial charge is 0.416 e. The summed E-state index contributed by atoms with van der Waals surface area (Å²) in [5.74, 6) is -0.249. The summed E-state index contributed by atoms with van der Waals surface area (Å²) in [4.78, 5) is 13.9. The summed E-state index contributed by atoms with van der Waals surface area (Å²) in [5.41, 5.74) is -0.381. The van der Waals surface area contributed by atoms with Gasteiger partial charge in [0.05, 0.1) is 24.3 Å². The first-order valence-electron chi connectivity index (χ1n) is 7.09. The Bertz CT molecular complexity index is 507. The van der Waals surface area contributed by atoms with Crippen molar-refractivity contribution < 1.29 is 22.7 Å². The molecule has 4 nitrogen and oxygen atoms in total. The van der Waals surface area contributed by atoms with Gasteiger partial charge in [-0.3, -0.25) is 9.69 Å². The molecular weight excluding hydrogens is 297 g/mol. The maximum atomic E-state index is 12.5. The molecule has 1 heterocycles. The van der Waals surface area contributed by atoms with Gasteiger partial charge in [0.1, 0.15) is 0 Å². The molecule has 0 unspecified atom stereocenters. The zero-order chi connectivity index (χ0) is 16.3. The number of anilines is 1. The number of alkyl halides is 3. The molecule has 1 fully saturated rings. The van der Waals surface area contributed by atoms with Crippen molar-refractivity contribution in [2.24, 2.45) is 0 Å². The smallest absolute Gasteiger partial charge is 0.373 e. The minimum atomic E-state index is -4.37. The van der Waals surface area contributed by atoms with E-state index in [2.05, 4.69) is 5.32 Å². The third-order valence-corrected chi connectivity index (χ3v) is 3.36. The van der Waals surface area contributed by atoms with Crippen molar-refractivity contribution in [3.05, 3.63) is 29.8 Å². The van der Waals surface area contributed by atoms with Gasteiger partial charge in [0, 0.05) is 18.8 Å². The lowest BCUT2D eigenvalue weighted by molar-refractivity contribution is -0.137. The number of halogens is 3. The van der Waals surface area contributed by atoms with E-state index in [0.717, 1.165) is 12.1 Å². The number of carbonyl (C=O) groups is 1. The van der Waals surface area contributed by atoms with Crippen LogP contribution in [0.25, 0.3) is 0 Å². The number of hydrogen-bond acceptors (Lipinski definition) is 3. The molecule has 0 aliphatic carbocycles. The van der Waals surface area contributed by atoms with E-state index >= 15 is 0 Å². The van der Waals surface area contributed by atoms with Gasteiger partial charge in [-0.25, -0.2) is 0 Å². The fourth-order valence-corrected chi connectivity index (χ4v) is 2.56. The zero-order valence-electron chi connectivity index (χ0n) is 12.5. The molecule has 1 N–H and O–H groups in total. The summed E-state index contributed by atoms with van der Waals surface area (Å²) < 4.78 is 43.0. The van der Waals surface area contributed by atoms with E-state index in [1.54, 1.807) is 0 Å². The van der Waals surface area contributed by atoms with Crippen LogP contribution in [0.1, 0.15) is 19.4 Å². The second-order valence-corrected chi connectivity index (χ2v) is 5.57. The van der Waals surface area contributed by atoms with E-state index < -0.39 is 11.7 Å². The number of morpholine rings is 1. The molecular formula is C15H19F3N2O2. The highest BCUT2D eigenvalue weighted by Crippen LogP contribution is 2.29. The molecule has 7 heteroatoms. The number of benzene rings is 1. The van der Waals surface area contributed by atoms with Crippen LogP contribution in [-0.4, -0.2) is 42.6 Å². The van der Waals surface area contributed by atoms with Gasteiger partial charge in [0.25, 0.3) is 0 Å². The third-order valence-electron chi connectivity index (χ3n) is 3.36. The summed E-state index contributed by atoms with van der Waals surface area (Å²) in [6, 6.07) is 4.42. The maximum absolute atomic E-state index is 12.5. The summed E-state index contributed by atoms with van der Waals surface area (Å²) in [7, 11) is 0. The van der Waals surface area contributed by atoms with Crippen LogP contribution >= 0.6 is 0 Å². The van der Waals surface area contributed by atoms with Gasteiger partial charge >= 0.3 is 6.18 Å². The van der Waals surface area contributed by atoms with Crippen LogP contribution in [0, 0.1) is 0 Å². The molecule has 1 aromatic carbocycles. The van der Waals surface area contributed by atoms with Crippen molar-refractivity contribution in [1.29, 1.82) is 0 Å². The molecule has 122 valence electrons. The summed E-state index contributed by atoms with van der Waals surface area (Å²) in [5, 5.41) is 2.61. The molecule has 2 atom stereocenters. The summed E-state index contributed by atoms with van der Waals surface area (Å²) in [6.45, 7) is 5.39. The standard InChI is InChI=1S/C15H19F3N2O2/c1-10-7-20(8-11(2)22-10)9-14(21)19-13-5-3-12(4-6-13)15(16,17)18/h3-6,10-11H,7-9H2,1-2H3,(H,19,21)/t10-,11-/m1/s1. The molecule has 0 saturated carbocycles.